The zero-order valence-corrected chi connectivity index (χ0v) is 12.2. The normalized spacial score (nSPS) is 17.9. The quantitative estimate of drug-likeness (QED) is 0.934. The summed E-state index contributed by atoms with van der Waals surface area (Å²) in [5.41, 5.74) is 1.80. The lowest BCUT2D eigenvalue weighted by Crippen LogP contribution is -2.15. The van der Waals surface area contributed by atoms with Gasteiger partial charge in [0, 0.05) is 12.2 Å². The first-order valence-electron chi connectivity index (χ1n) is 6.90. The van der Waals surface area contributed by atoms with Crippen LogP contribution in [0.15, 0.2) is 24.3 Å². The highest BCUT2D eigenvalue weighted by molar-refractivity contribution is 7.15. The van der Waals surface area contributed by atoms with Gasteiger partial charge in [-0.05, 0) is 44.4 Å². The van der Waals surface area contributed by atoms with E-state index >= 15 is 0 Å². The lowest BCUT2D eigenvalue weighted by Gasteiger charge is -2.19. The molecule has 2 aromatic rings. The number of halogens is 1. The molecule has 1 atom stereocenters. The zero-order chi connectivity index (χ0) is 14.1. The van der Waals surface area contributed by atoms with E-state index in [4.69, 9.17) is 0 Å². The van der Waals surface area contributed by atoms with Gasteiger partial charge >= 0.3 is 0 Å². The minimum Gasteiger partial charge on any atom is -0.388 e. The Morgan fingerprint density at radius 2 is 2.35 bits per heavy atom. The molecule has 1 heterocycles. The van der Waals surface area contributed by atoms with Gasteiger partial charge < -0.3 is 10.0 Å². The maximum atomic E-state index is 13.4. The largest absolute Gasteiger partial charge is 0.388 e. The molecule has 1 aromatic heterocycles. The fourth-order valence-corrected chi connectivity index (χ4v) is 3.79. The van der Waals surface area contributed by atoms with Crippen LogP contribution in [0.5, 0.6) is 0 Å². The van der Waals surface area contributed by atoms with Crippen LogP contribution in [0.1, 0.15) is 36.4 Å². The Kier molecular flexibility index (Phi) is 3.72. The van der Waals surface area contributed by atoms with Gasteiger partial charge in [-0.15, -0.1) is 0 Å². The van der Waals surface area contributed by atoms with Crippen LogP contribution in [0.3, 0.4) is 0 Å². The Morgan fingerprint density at radius 1 is 1.50 bits per heavy atom. The average Bonchev–Trinajstić information content (AvgIpc) is 2.85. The summed E-state index contributed by atoms with van der Waals surface area (Å²) in [6, 6.07) is 6.54. The summed E-state index contributed by atoms with van der Waals surface area (Å²) in [6.07, 6.45) is 2.31. The molecule has 106 valence electrons. The van der Waals surface area contributed by atoms with Crippen molar-refractivity contribution in [3.05, 3.63) is 40.7 Å². The van der Waals surface area contributed by atoms with Gasteiger partial charge in [-0.3, -0.25) is 0 Å². The third kappa shape index (κ3) is 2.43. The highest BCUT2D eigenvalue weighted by Gasteiger charge is 2.24. The second-order valence-corrected chi connectivity index (χ2v) is 5.95. The predicted molar refractivity (Wildman–Crippen MR) is 79.1 cm³/mol. The van der Waals surface area contributed by atoms with E-state index < -0.39 is 6.10 Å². The molecular formula is C15H17FN2OS. The van der Waals surface area contributed by atoms with E-state index in [0.29, 0.717) is 6.54 Å². The second-order valence-electron chi connectivity index (χ2n) is 4.94. The SMILES string of the molecule is CCN(c1cccc(F)c1)c1nc2c(s1)C(O)CCC2. The number of hydrogen-bond donors (Lipinski definition) is 1. The number of nitrogens with zero attached hydrogens (tertiary/aromatic N) is 2. The topological polar surface area (TPSA) is 36.4 Å². The summed E-state index contributed by atoms with van der Waals surface area (Å²) >= 11 is 1.52. The van der Waals surface area contributed by atoms with Crippen molar-refractivity contribution in [3.8, 4) is 0 Å². The van der Waals surface area contributed by atoms with Crippen molar-refractivity contribution < 1.29 is 9.50 Å². The summed E-state index contributed by atoms with van der Waals surface area (Å²) in [4.78, 5) is 7.60. The van der Waals surface area contributed by atoms with Crippen LogP contribution in [-0.2, 0) is 6.42 Å². The fraction of sp³-hybridized carbons (Fsp3) is 0.400. The molecule has 3 rings (SSSR count). The number of aromatic nitrogens is 1. The van der Waals surface area contributed by atoms with Crippen molar-refractivity contribution in [1.29, 1.82) is 0 Å². The minimum absolute atomic E-state index is 0.248. The standard InChI is InChI=1S/C15H17FN2OS/c1-2-18(11-6-3-5-10(16)9-11)15-17-12-7-4-8-13(19)14(12)20-15/h3,5-6,9,13,19H,2,4,7-8H2,1H3. The molecule has 0 spiro atoms. The third-order valence-electron chi connectivity index (χ3n) is 3.58. The first-order chi connectivity index (χ1) is 9.69. The lowest BCUT2D eigenvalue weighted by molar-refractivity contribution is 0.160. The Labute approximate surface area is 121 Å². The van der Waals surface area contributed by atoms with Gasteiger partial charge in [0.05, 0.1) is 16.7 Å². The summed E-state index contributed by atoms with van der Waals surface area (Å²) in [7, 11) is 0. The molecule has 0 fully saturated rings. The van der Waals surface area contributed by atoms with Gasteiger partial charge in [0.2, 0.25) is 0 Å². The van der Waals surface area contributed by atoms with E-state index in [9.17, 15) is 9.50 Å². The smallest absolute Gasteiger partial charge is 0.190 e. The van der Waals surface area contributed by atoms with Crippen LogP contribution in [0.2, 0.25) is 0 Å². The van der Waals surface area contributed by atoms with Crippen LogP contribution in [0, 0.1) is 5.82 Å². The van der Waals surface area contributed by atoms with E-state index in [1.807, 2.05) is 17.9 Å². The van der Waals surface area contributed by atoms with Crippen LogP contribution in [-0.4, -0.2) is 16.6 Å². The maximum absolute atomic E-state index is 13.4. The number of aliphatic hydroxyl groups excluding tert-OH is 1. The number of hydrogen-bond acceptors (Lipinski definition) is 4. The average molecular weight is 292 g/mol. The minimum atomic E-state index is -0.392. The molecule has 0 amide bonds. The Bertz CT molecular complexity index is 614. The van der Waals surface area contributed by atoms with Crippen LogP contribution in [0.4, 0.5) is 15.2 Å². The summed E-state index contributed by atoms with van der Waals surface area (Å²) in [5.74, 6) is -0.248. The molecule has 1 aliphatic rings. The molecule has 5 heteroatoms. The highest BCUT2D eigenvalue weighted by Crippen LogP contribution is 2.39. The van der Waals surface area contributed by atoms with Crippen molar-refractivity contribution in [2.45, 2.75) is 32.3 Å². The van der Waals surface area contributed by atoms with E-state index in [-0.39, 0.29) is 5.82 Å². The third-order valence-corrected chi connectivity index (χ3v) is 4.80. The van der Waals surface area contributed by atoms with Gasteiger partial charge in [-0.25, -0.2) is 9.37 Å². The zero-order valence-electron chi connectivity index (χ0n) is 11.3. The Morgan fingerprint density at radius 3 is 3.05 bits per heavy atom. The van der Waals surface area contributed by atoms with Crippen LogP contribution in [0.25, 0.3) is 0 Å². The molecule has 3 nitrogen and oxygen atoms in total. The summed E-state index contributed by atoms with van der Waals surface area (Å²) < 4.78 is 13.4. The Hall–Kier alpha value is -1.46. The number of fused-ring (bicyclic) bond motifs is 1. The number of aryl methyl sites for hydroxylation is 1. The molecule has 1 aromatic carbocycles. The number of aliphatic hydroxyl groups is 1. The first kappa shape index (κ1) is 13.5. The maximum Gasteiger partial charge on any atom is 0.190 e. The molecule has 0 radical (unpaired) electrons. The number of benzene rings is 1. The van der Waals surface area contributed by atoms with Gasteiger partial charge in [0.25, 0.3) is 0 Å². The summed E-state index contributed by atoms with van der Waals surface area (Å²) in [6.45, 7) is 2.73. The van der Waals surface area contributed by atoms with Crippen molar-refractivity contribution in [1.82, 2.24) is 4.98 Å². The van der Waals surface area contributed by atoms with Gasteiger partial charge in [0.15, 0.2) is 5.13 Å². The highest BCUT2D eigenvalue weighted by atomic mass is 32.1. The van der Waals surface area contributed by atoms with E-state index in [0.717, 1.165) is 40.7 Å². The molecule has 0 bridgehead atoms. The van der Waals surface area contributed by atoms with E-state index in [1.54, 1.807) is 6.07 Å². The monoisotopic (exact) mass is 292 g/mol. The van der Waals surface area contributed by atoms with Crippen molar-refractivity contribution >= 4 is 22.2 Å². The molecule has 0 saturated heterocycles. The van der Waals surface area contributed by atoms with Crippen molar-refractivity contribution in [3.63, 3.8) is 0 Å². The first-order valence-corrected chi connectivity index (χ1v) is 7.71. The van der Waals surface area contributed by atoms with Gasteiger partial charge in [-0.2, -0.15) is 0 Å². The molecule has 1 aliphatic carbocycles. The van der Waals surface area contributed by atoms with Crippen LogP contribution < -0.4 is 4.90 Å². The molecular weight excluding hydrogens is 275 g/mol. The molecule has 0 aliphatic heterocycles. The second kappa shape index (κ2) is 5.50. The van der Waals surface area contributed by atoms with Crippen molar-refractivity contribution in [2.75, 3.05) is 11.4 Å². The van der Waals surface area contributed by atoms with Gasteiger partial charge in [0.1, 0.15) is 5.82 Å². The molecule has 0 saturated carbocycles. The number of rotatable bonds is 3. The number of thiazole rings is 1. The van der Waals surface area contributed by atoms with Crippen molar-refractivity contribution in [2.24, 2.45) is 0 Å². The Balaban J connectivity index is 1.98. The number of anilines is 2. The van der Waals surface area contributed by atoms with E-state index in [2.05, 4.69) is 4.98 Å². The predicted octanol–water partition coefficient (Wildman–Crippen LogP) is 3.81. The van der Waals surface area contributed by atoms with E-state index in [1.165, 1.54) is 23.5 Å². The fourth-order valence-electron chi connectivity index (χ4n) is 2.57. The molecule has 20 heavy (non-hydrogen) atoms. The molecule has 1 N–H and O–H groups in total. The lowest BCUT2D eigenvalue weighted by atomic mass is 10.0. The summed E-state index contributed by atoms with van der Waals surface area (Å²) in [5, 5.41) is 10.9. The van der Waals surface area contributed by atoms with Crippen LogP contribution >= 0.6 is 11.3 Å². The molecule has 1 unspecified atom stereocenters. The van der Waals surface area contributed by atoms with Gasteiger partial charge in [-0.1, -0.05) is 17.4 Å².